The van der Waals surface area contributed by atoms with Gasteiger partial charge in [0.25, 0.3) is 5.69 Å². The molecule has 0 atom stereocenters. The lowest BCUT2D eigenvalue weighted by Crippen LogP contribution is -2.37. The van der Waals surface area contributed by atoms with Crippen LogP contribution in [0.4, 0.5) is 5.69 Å². The topological polar surface area (TPSA) is 64.8 Å². The van der Waals surface area contributed by atoms with Crippen molar-refractivity contribution in [3.05, 3.63) is 62.7 Å². The van der Waals surface area contributed by atoms with Gasteiger partial charge in [-0.1, -0.05) is 30.7 Å². The highest BCUT2D eigenvalue weighted by molar-refractivity contribution is 7.80. The quantitative estimate of drug-likeness (QED) is 0.352. The molecule has 29 heavy (non-hydrogen) atoms. The molecule has 154 valence electrons. The Labute approximate surface area is 180 Å². The lowest BCUT2D eigenvalue weighted by Gasteiger charge is -2.32. The molecule has 0 saturated carbocycles. The van der Waals surface area contributed by atoms with Gasteiger partial charge in [-0.15, -0.1) is 0 Å². The average Bonchev–Trinajstić information content (AvgIpc) is 2.72. The lowest BCUT2D eigenvalue weighted by atomic mass is 9.99. The summed E-state index contributed by atoms with van der Waals surface area (Å²) in [7, 11) is 1.56. The Morgan fingerprint density at radius 1 is 1.28 bits per heavy atom. The third kappa shape index (κ3) is 5.16. The van der Waals surface area contributed by atoms with Crippen LogP contribution in [0.1, 0.15) is 30.9 Å². The van der Waals surface area contributed by atoms with Crippen LogP contribution in [-0.2, 0) is 6.61 Å². The van der Waals surface area contributed by atoms with Gasteiger partial charge in [0.05, 0.1) is 17.1 Å². The molecule has 0 N–H and O–H groups in total. The van der Waals surface area contributed by atoms with E-state index < -0.39 is 4.92 Å². The second-order valence-corrected chi connectivity index (χ2v) is 7.97. The number of hydrogen-bond donors (Lipinski definition) is 0. The molecule has 1 aliphatic rings. The number of benzene rings is 2. The monoisotopic (exact) mass is 434 g/mol. The highest BCUT2D eigenvalue weighted by atomic mass is 35.5. The van der Waals surface area contributed by atoms with Crippen molar-refractivity contribution in [3.63, 3.8) is 0 Å². The molecule has 3 rings (SSSR count). The Morgan fingerprint density at radius 2 is 1.93 bits per heavy atom. The van der Waals surface area contributed by atoms with Crippen molar-refractivity contribution in [3.8, 4) is 11.5 Å². The molecule has 2 aromatic carbocycles. The first-order chi connectivity index (χ1) is 13.9. The molecule has 6 nitrogen and oxygen atoms in total. The average molecular weight is 435 g/mol. The molecular formula is C21H23ClN2O4S. The van der Waals surface area contributed by atoms with E-state index in [1.54, 1.807) is 25.3 Å². The van der Waals surface area contributed by atoms with E-state index in [-0.39, 0.29) is 12.3 Å². The van der Waals surface area contributed by atoms with Gasteiger partial charge in [0.15, 0.2) is 11.5 Å². The number of nitro groups is 1. The summed E-state index contributed by atoms with van der Waals surface area (Å²) in [4.78, 5) is 13.3. The zero-order valence-corrected chi connectivity index (χ0v) is 18.0. The van der Waals surface area contributed by atoms with Crippen LogP contribution in [0.15, 0.2) is 36.4 Å². The molecule has 0 aromatic heterocycles. The predicted octanol–water partition coefficient (Wildman–Crippen LogP) is 5.24. The minimum absolute atomic E-state index is 0.0364. The maximum absolute atomic E-state index is 10.8. The van der Waals surface area contributed by atoms with Crippen LogP contribution in [0, 0.1) is 16.0 Å². The van der Waals surface area contributed by atoms with Gasteiger partial charge in [-0.2, -0.15) is 0 Å². The van der Waals surface area contributed by atoms with Crippen molar-refractivity contribution in [2.45, 2.75) is 26.4 Å². The number of halogens is 1. The molecule has 8 heteroatoms. The van der Waals surface area contributed by atoms with Gasteiger partial charge < -0.3 is 14.4 Å². The van der Waals surface area contributed by atoms with Crippen molar-refractivity contribution in [2.24, 2.45) is 5.92 Å². The van der Waals surface area contributed by atoms with Crippen LogP contribution in [0.25, 0.3) is 0 Å². The molecule has 0 amide bonds. The van der Waals surface area contributed by atoms with E-state index in [0.717, 1.165) is 48.0 Å². The van der Waals surface area contributed by atoms with Gasteiger partial charge in [0.1, 0.15) is 11.6 Å². The molecule has 0 aliphatic carbocycles. The number of hydrogen-bond acceptors (Lipinski definition) is 5. The molecule has 0 unspecified atom stereocenters. The number of nitrogens with zero attached hydrogens (tertiary/aromatic N) is 2. The molecule has 1 heterocycles. The van der Waals surface area contributed by atoms with E-state index >= 15 is 0 Å². The fourth-order valence-corrected chi connectivity index (χ4v) is 3.81. The number of thiocarbonyl (C=S) groups is 1. The van der Waals surface area contributed by atoms with E-state index in [9.17, 15) is 10.1 Å². The smallest absolute Gasteiger partial charge is 0.269 e. The number of non-ortho nitro benzene ring substituents is 1. The zero-order chi connectivity index (χ0) is 21.0. The van der Waals surface area contributed by atoms with Crippen LogP contribution in [0.2, 0.25) is 5.02 Å². The summed E-state index contributed by atoms with van der Waals surface area (Å²) in [5, 5.41) is 11.2. The van der Waals surface area contributed by atoms with E-state index in [1.165, 1.54) is 12.1 Å². The van der Waals surface area contributed by atoms with Gasteiger partial charge in [0, 0.05) is 30.8 Å². The standard InChI is InChI=1S/C21H23ClN2O4S/c1-14-7-9-23(10-8-14)21(29)16-11-18(22)20(19(12-16)27-2)28-13-15-3-5-17(6-4-15)24(25)26/h3-6,11-12,14H,7-10,13H2,1-2H3. The second-order valence-electron chi connectivity index (χ2n) is 7.18. The molecule has 1 aliphatic heterocycles. The first-order valence-electron chi connectivity index (χ1n) is 9.42. The van der Waals surface area contributed by atoms with E-state index in [1.807, 2.05) is 6.07 Å². The van der Waals surface area contributed by atoms with Gasteiger partial charge in [-0.3, -0.25) is 10.1 Å². The van der Waals surface area contributed by atoms with E-state index in [0.29, 0.717) is 16.5 Å². The number of likely N-dealkylation sites (tertiary alicyclic amines) is 1. The summed E-state index contributed by atoms with van der Waals surface area (Å²) in [6, 6.07) is 9.84. The SMILES string of the molecule is COc1cc(C(=S)N2CCC(C)CC2)cc(Cl)c1OCc1ccc([N+](=O)[O-])cc1. The summed E-state index contributed by atoms with van der Waals surface area (Å²) in [5.41, 5.74) is 1.66. The summed E-state index contributed by atoms with van der Waals surface area (Å²) < 4.78 is 11.3. The summed E-state index contributed by atoms with van der Waals surface area (Å²) in [5.74, 6) is 1.65. The minimum Gasteiger partial charge on any atom is -0.493 e. The molecular weight excluding hydrogens is 412 g/mol. The van der Waals surface area contributed by atoms with Crippen molar-refractivity contribution >= 4 is 34.5 Å². The van der Waals surface area contributed by atoms with E-state index in [4.69, 9.17) is 33.3 Å². The number of nitro benzene ring substituents is 1. The first-order valence-corrected chi connectivity index (χ1v) is 10.2. The van der Waals surface area contributed by atoms with Crippen LogP contribution in [0.3, 0.4) is 0 Å². The zero-order valence-electron chi connectivity index (χ0n) is 16.4. The van der Waals surface area contributed by atoms with Crippen LogP contribution in [0.5, 0.6) is 11.5 Å². The number of rotatable bonds is 6. The highest BCUT2D eigenvalue weighted by Crippen LogP contribution is 2.37. The largest absolute Gasteiger partial charge is 0.493 e. The Kier molecular flexibility index (Phi) is 6.92. The maximum atomic E-state index is 10.8. The Balaban J connectivity index is 1.74. The molecule has 0 spiro atoms. The Bertz CT molecular complexity index is 896. The molecule has 1 fully saturated rings. The number of methoxy groups -OCH3 is 1. The van der Waals surface area contributed by atoms with Crippen LogP contribution in [-0.4, -0.2) is 35.0 Å². The summed E-state index contributed by atoms with van der Waals surface area (Å²) >= 11 is 12.2. The van der Waals surface area contributed by atoms with Crippen molar-refractivity contribution in [1.82, 2.24) is 4.90 Å². The molecule has 1 saturated heterocycles. The third-order valence-electron chi connectivity index (χ3n) is 5.08. The fourth-order valence-electron chi connectivity index (χ4n) is 3.25. The number of piperidine rings is 1. The van der Waals surface area contributed by atoms with Gasteiger partial charge in [0.2, 0.25) is 0 Å². The van der Waals surface area contributed by atoms with Crippen molar-refractivity contribution < 1.29 is 14.4 Å². The first kappa shape index (κ1) is 21.3. The Hall–Kier alpha value is -2.38. The van der Waals surface area contributed by atoms with E-state index in [2.05, 4.69) is 11.8 Å². The number of ether oxygens (including phenoxy) is 2. The molecule has 0 radical (unpaired) electrons. The Morgan fingerprint density at radius 3 is 2.52 bits per heavy atom. The second kappa shape index (κ2) is 9.41. The minimum atomic E-state index is -0.435. The molecule has 0 bridgehead atoms. The third-order valence-corrected chi connectivity index (χ3v) is 5.85. The van der Waals surface area contributed by atoms with Gasteiger partial charge >= 0.3 is 0 Å². The van der Waals surface area contributed by atoms with Crippen LogP contribution < -0.4 is 9.47 Å². The fraction of sp³-hybridized carbons (Fsp3) is 0.381. The van der Waals surface area contributed by atoms with Gasteiger partial charge in [-0.25, -0.2) is 0 Å². The normalized spacial score (nSPS) is 14.5. The summed E-state index contributed by atoms with van der Waals surface area (Å²) in [6.45, 7) is 4.36. The lowest BCUT2D eigenvalue weighted by molar-refractivity contribution is -0.384. The van der Waals surface area contributed by atoms with Gasteiger partial charge in [-0.05, 0) is 48.6 Å². The summed E-state index contributed by atoms with van der Waals surface area (Å²) in [6.07, 6.45) is 2.25. The maximum Gasteiger partial charge on any atom is 0.269 e. The molecule has 2 aromatic rings. The van der Waals surface area contributed by atoms with Crippen molar-refractivity contribution in [2.75, 3.05) is 20.2 Å². The van der Waals surface area contributed by atoms with Crippen LogP contribution >= 0.6 is 23.8 Å². The van der Waals surface area contributed by atoms with Crippen molar-refractivity contribution in [1.29, 1.82) is 0 Å². The highest BCUT2D eigenvalue weighted by Gasteiger charge is 2.21. The predicted molar refractivity (Wildman–Crippen MR) is 117 cm³/mol.